The Morgan fingerprint density at radius 3 is 2.23 bits per heavy atom. The third kappa shape index (κ3) is 8.51. The molecule has 5 heterocycles. The quantitative estimate of drug-likeness (QED) is 0.113. The fourth-order valence-corrected chi connectivity index (χ4v) is 9.67. The lowest BCUT2D eigenvalue weighted by Crippen LogP contribution is -2.43. The number of aryl methyl sites for hydroxylation is 1. The van der Waals surface area contributed by atoms with Gasteiger partial charge in [-0.05, 0) is 99.2 Å². The third-order valence-electron chi connectivity index (χ3n) is 12.5. The highest BCUT2D eigenvalue weighted by atomic mass is 35.5. The van der Waals surface area contributed by atoms with Gasteiger partial charge < -0.3 is 24.0 Å². The molecule has 0 saturated carbocycles. The molecule has 0 spiro atoms. The Bertz CT molecular complexity index is 2440. The van der Waals surface area contributed by atoms with Gasteiger partial charge in [-0.2, -0.15) is 28.4 Å². The van der Waals surface area contributed by atoms with Crippen molar-refractivity contribution >= 4 is 34.1 Å². The highest BCUT2D eigenvalue weighted by Crippen LogP contribution is 2.46. The van der Waals surface area contributed by atoms with Crippen molar-refractivity contribution in [3.05, 3.63) is 93.8 Å². The maximum Gasteiger partial charge on any atom is 0.418 e. The van der Waals surface area contributed by atoms with Crippen molar-refractivity contribution in [2.75, 3.05) is 50.3 Å². The first-order valence-electron chi connectivity index (χ1n) is 20.7. The monoisotopic (exact) mass is 875 g/mol. The van der Waals surface area contributed by atoms with Crippen molar-refractivity contribution in [3.63, 3.8) is 0 Å². The van der Waals surface area contributed by atoms with E-state index in [4.69, 9.17) is 30.8 Å². The van der Waals surface area contributed by atoms with E-state index < -0.39 is 40.5 Å². The van der Waals surface area contributed by atoms with Crippen LogP contribution in [0.1, 0.15) is 61.3 Å². The van der Waals surface area contributed by atoms with Crippen LogP contribution in [0.15, 0.2) is 60.7 Å². The van der Waals surface area contributed by atoms with Crippen LogP contribution >= 0.6 is 11.6 Å². The zero-order valence-electron chi connectivity index (χ0n) is 34.9. The van der Waals surface area contributed by atoms with Gasteiger partial charge in [-0.25, -0.2) is 13.8 Å². The van der Waals surface area contributed by atoms with Gasteiger partial charge in [-0.1, -0.05) is 35.9 Å². The summed E-state index contributed by atoms with van der Waals surface area (Å²) < 4.78 is 95.0. The number of ether oxygens (including phenoxy) is 3. The summed E-state index contributed by atoms with van der Waals surface area (Å²) in [5.41, 5.74) is -1.85. The number of alkyl halides is 4. The molecule has 3 aliphatic rings. The number of piperidine rings is 1. The van der Waals surface area contributed by atoms with Crippen molar-refractivity contribution < 1.29 is 36.2 Å². The van der Waals surface area contributed by atoms with E-state index in [-0.39, 0.29) is 77.2 Å². The van der Waals surface area contributed by atoms with E-state index in [0.717, 1.165) is 24.1 Å². The number of rotatable bonds is 12. The molecule has 4 atom stereocenters. The number of hydrogen-bond acceptors (Lipinski definition) is 10. The highest BCUT2D eigenvalue weighted by molar-refractivity contribution is 6.34. The summed E-state index contributed by atoms with van der Waals surface area (Å²) in [5.74, 6) is 0.371. The molecule has 0 aliphatic carbocycles. The van der Waals surface area contributed by atoms with E-state index in [1.807, 2.05) is 41.0 Å². The van der Waals surface area contributed by atoms with Gasteiger partial charge in [0.05, 0.1) is 47.7 Å². The summed E-state index contributed by atoms with van der Waals surface area (Å²) in [6.45, 7) is 5.15. The number of fused-ring (bicyclic) bond motifs is 2. The molecule has 16 heteroatoms. The predicted octanol–water partition coefficient (Wildman–Crippen LogP) is 10.1. The maximum absolute atomic E-state index is 17.6. The smallest absolute Gasteiger partial charge is 0.418 e. The van der Waals surface area contributed by atoms with E-state index in [0.29, 0.717) is 43.9 Å². The van der Waals surface area contributed by atoms with Crippen molar-refractivity contribution in [1.29, 1.82) is 5.26 Å². The number of methoxy groups -OCH3 is 2. The molecule has 8 rings (SSSR count). The Balaban J connectivity index is 1.28. The number of hydrogen-bond donors (Lipinski definition) is 0. The zero-order valence-corrected chi connectivity index (χ0v) is 35.7. The fraction of sp³-hybridized carbons (Fsp3) is 0.435. The van der Waals surface area contributed by atoms with Crippen molar-refractivity contribution in [2.45, 2.75) is 83.0 Å². The summed E-state index contributed by atoms with van der Waals surface area (Å²) >= 11 is 6.95. The van der Waals surface area contributed by atoms with Crippen molar-refractivity contribution in [2.24, 2.45) is 5.92 Å². The van der Waals surface area contributed by atoms with Crippen molar-refractivity contribution in [3.8, 4) is 34.8 Å². The molecular weight excluding hydrogens is 829 g/mol. The first-order chi connectivity index (χ1) is 29.7. The Hall–Kier alpha value is -5.46. The minimum absolute atomic E-state index is 0.0474. The van der Waals surface area contributed by atoms with Gasteiger partial charge in [0.15, 0.2) is 5.82 Å². The Morgan fingerprint density at radius 1 is 0.968 bits per heavy atom. The number of anilines is 2. The third-order valence-corrected chi connectivity index (χ3v) is 12.8. The fourth-order valence-electron chi connectivity index (χ4n) is 9.39. The number of aromatic nitrogens is 3. The standard InChI is InChI=1S/C46H47ClF5N7O3/c1-27-18-37(57(23-29-6-10-33(60-3)11-7-29)24-30-8-12-34(61-4)13-9-30)54-42(39(27)46(50,51)52)38-36(47)20-35-41(40(38)49)55-44(56-43(35)59-17-14-31(22-53)19-28(59)2)62-26-45-15-5-16-58(45)25-32(48)21-45/h6-13,18,20,28,31-32H,5,14-17,19,21,23-26H2,1-4H3/t28-,31+,32+,45-/m0/s1. The molecule has 62 heavy (non-hydrogen) atoms. The first kappa shape index (κ1) is 43.2. The topological polar surface area (TPSA) is 99.9 Å². The second-order valence-electron chi connectivity index (χ2n) is 16.6. The van der Waals surface area contributed by atoms with Crippen LogP contribution < -0.4 is 24.0 Å². The van der Waals surface area contributed by atoms with Gasteiger partial charge >= 0.3 is 12.2 Å². The Labute approximate surface area is 362 Å². The molecule has 3 aromatic carbocycles. The first-order valence-corrected chi connectivity index (χ1v) is 21.1. The summed E-state index contributed by atoms with van der Waals surface area (Å²) in [5, 5.41) is 9.53. The molecule has 0 bridgehead atoms. The number of pyridine rings is 1. The van der Waals surface area contributed by atoms with Crippen LogP contribution in [0, 0.1) is 30.0 Å². The molecule has 326 valence electrons. The van der Waals surface area contributed by atoms with Crippen LogP contribution in [0.25, 0.3) is 22.2 Å². The number of benzene rings is 3. The van der Waals surface area contributed by atoms with Crippen molar-refractivity contribution in [1.82, 2.24) is 19.9 Å². The zero-order chi connectivity index (χ0) is 43.9. The normalized spacial score (nSPS) is 21.5. The number of halogens is 6. The van der Waals surface area contributed by atoms with E-state index in [2.05, 4.69) is 20.9 Å². The highest BCUT2D eigenvalue weighted by Gasteiger charge is 2.49. The lowest BCUT2D eigenvalue weighted by atomic mass is 9.92. The molecule has 2 aromatic heterocycles. The maximum atomic E-state index is 17.6. The molecule has 0 N–H and O–H groups in total. The summed E-state index contributed by atoms with van der Waals surface area (Å²) in [6, 6.07) is 19.2. The van der Waals surface area contributed by atoms with E-state index in [9.17, 15) is 9.65 Å². The largest absolute Gasteiger partial charge is 0.497 e. The molecule has 0 amide bonds. The minimum Gasteiger partial charge on any atom is -0.497 e. The molecular formula is C46H47ClF5N7O3. The summed E-state index contributed by atoms with van der Waals surface area (Å²) in [6.07, 6.45) is -3.11. The van der Waals surface area contributed by atoms with Gasteiger partial charge in [0.1, 0.15) is 41.4 Å². The van der Waals surface area contributed by atoms with Gasteiger partial charge in [0, 0.05) is 49.9 Å². The van der Waals surface area contributed by atoms with E-state index in [1.54, 1.807) is 38.5 Å². The van der Waals surface area contributed by atoms with Crippen LogP contribution in [0.2, 0.25) is 5.02 Å². The summed E-state index contributed by atoms with van der Waals surface area (Å²) in [7, 11) is 3.11. The van der Waals surface area contributed by atoms with Gasteiger partial charge in [0.25, 0.3) is 0 Å². The van der Waals surface area contributed by atoms with Crippen LogP contribution in [0.5, 0.6) is 17.5 Å². The predicted molar refractivity (Wildman–Crippen MR) is 227 cm³/mol. The van der Waals surface area contributed by atoms with Gasteiger partial charge in [0.2, 0.25) is 0 Å². The molecule has 3 aliphatic heterocycles. The number of nitrogens with zero attached hydrogens (tertiary/aromatic N) is 7. The Kier molecular flexibility index (Phi) is 12.1. The molecule has 3 fully saturated rings. The lowest BCUT2D eigenvalue weighted by Gasteiger charge is -2.37. The Morgan fingerprint density at radius 2 is 1.63 bits per heavy atom. The number of nitriles is 1. The molecule has 3 saturated heterocycles. The van der Waals surface area contributed by atoms with Crippen LogP contribution in [-0.4, -0.2) is 78.1 Å². The van der Waals surface area contributed by atoms with Gasteiger partial charge in [-0.3, -0.25) is 4.90 Å². The average Bonchev–Trinajstić information content (AvgIpc) is 3.78. The van der Waals surface area contributed by atoms with Crippen LogP contribution in [-0.2, 0) is 19.3 Å². The molecule has 0 unspecified atom stereocenters. The van der Waals surface area contributed by atoms with Crippen LogP contribution in [0.4, 0.5) is 33.6 Å². The average molecular weight is 876 g/mol. The van der Waals surface area contributed by atoms with E-state index >= 15 is 17.6 Å². The summed E-state index contributed by atoms with van der Waals surface area (Å²) in [4.78, 5) is 19.7. The van der Waals surface area contributed by atoms with Crippen LogP contribution in [0.3, 0.4) is 0 Å². The molecule has 5 aromatic rings. The van der Waals surface area contributed by atoms with Gasteiger partial charge in [-0.15, -0.1) is 0 Å². The second-order valence-corrected chi connectivity index (χ2v) is 17.0. The SMILES string of the molecule is COc1ccc(CN(Cc2ccc(OC)cc2)c2cc(C)c(C(F)(F)F)c(-c3c(Cl)cc4c(N5CC[C@@H](C#N)C[C@@H]5C)nc(OC[C@@]56CCCN5C[C@H](F)C6)nc4c3F)n2)cc1. The molecule has 0 radical (unpaired) electrons. The minimum atomic E-state index is -4.96. The van der Waals surface area contributed by atoms with E-state index in [1.165, 1.54) is 19.1 Å². The molecule has 10 nitrogen and oxygen atoms in total. The lowest BCUT2D eigenvalue weighted by molar-refractivity contribution is -0.137. The second kappa shape index (κ2) is 17.4.